The van der Waals surface area contributed by atoms with Gasteiger partial charge in [0.2, 0.25) is 0 Å². The summed E-state index contributed by atoms with van der Waals surface area (Å²) in [7, 11) is -3.49. The lowest BCUT2D eigenvalue weighted by atomic mass is 9.85. The first-order valence-corrected chi connectivity index (χ1v) is 11.7. The monoisotopic (exact) mass is 461 g/mol. The van der Waals surface area contributed by atoms with E-state index in [-0.39, 0.29) is 38.7 Å². The van der Waals surface area contributed by atoms with Gasteiger partial charge in [-0.1, -0.05) is 0 Å². The van der Waals surface area contributed by atoms with Gasteiger partial charge in [0.15, 0.2) is 6.23 Å². The summed E-state index contributed by atoms with van der Waals surface area (Å²) < 4.78 is 41.2. The number of carbonyl (C=O) groups is 1. The summed E-state index contributed by atoms with van der Waals surface area (Å²) >= 11 is 0. The molecule has 31 heavy (non-hydrogen) atoms. The van der Waals surface area contributed by atoms with Crippen LogP contribution >= 0.6 is 7.60 Å². The van der Waals surface area contributed by atoms with Crippen molar-refractivity contribution in [3.8, 4) is 0 Å². The Morgan fingerprint density at radius 1 is 1.42 bits per heavy atom. The van der Waals surface area contributed by atoms with E-state index < -0.39 is 48.6 Å². The quantitative estimate of drug-likeness (QED) is 0.306. The van der Waals surface area contributed by atoms with Crippen molar-refractivity contribution in [3.05, 3.63) is 33.1 Å². The Morgan fingerprint density at radius 3 is 2.84 bits per heavy atom. The van der Waals surface area contributed by atoms with Crippen molar-refractivity contribution in [2.75, 3.05) is 32.6 Å². The smallest absolute Gasteiger partial charge is 0.332 e. The Balaban J connectivity index is 1.58. The molecule has 3 heterocycles. The fraction of sp³-hybridized carbons (Fsp3) is 0.722. The predicted octanol–water partition coefficient (Wildman–Crippen LogP) is -0.0243. The van der Waals surface area contributed by atoms with Crippen LogP contribution in [0.2, 0.25) is 0 Å². The molecule has 0 amide bonds. The molecule has 2 aliphatic rings. The second-order valence-corrected chi connectivity index (χ2v) is 10.1. The van der Waals surface area contributed by atoms with Crippen LogP contribution in [0.15, 0.2) is 21.9 Å². The first-order chi connectivity index (χ1) is 14.5. The van der Waals surface area contributed by atoms with Crippen LogP contribution in [0.5, 0.6) is 0 Å². The van der Waals surface area contributed by atoms with Gasteiger partial charge >= 0.3 is 19.3 Å². The molecule has 0 bridgehead atoms. The molecule has 13 heteroatoms. The fourth-order valence-electron chi connectivity index (χ4n) is 3.70. The van der Waals surface area contributed by atoms with E-state index in [1.165, 1.54) is 16.8 Å². The molecule has 1 unspecified atom stereocenters. The van der Waals surface area contributed by atoms with E-state index in [1.54, 1.807) is 20.8 Å². The molecule has 1 aromatic rings. The Bertz CT molecular complexity index is 957. The third-order valence-electron chi connectivity index (χ3n) is 5.15. The minimum Gasteiger partial charge on any atom is -0.461 e. The van der Waals surface area contributed by atoms with Crippen molar-refractivity contribution in [1.29, 1.82) is 0 Å². The number of hydrogen-bond donors (Lipinski definition) is 2. The molecular weight excluding hydrogens is 433 g/mol. The van der Waals surface area contributed by atoms with Crippen LogP contribution in [-0.4, -0.2) is 65.9 Å². The summed E-state index contributed by atoms with van der Waals surface area (Å²) in [5.74, 6) is -0.915. The van der Waals surface area contributed by atoms with E-state index in [0.29, 0.717) is 0 Å². The van der Waals surface area contributed by atoms with Crippen molar-refractivity contribution in [2.45, 2.75) is 44.7 Å². The second kappa shape index (κ2) is 9.35. The molecule has 3 rings (SSSR count). The topological polar surface area (TPSA) is 161 Å². The minimum atomic E-state index is -3.49. The van der Waals surface area contributed by atoms with Gasteiger partial charge in [-0.05, 0) is 20.8 Å². The van der Waals surface area contributed by atoms with Gasteiger partial charge in [0, 0.05) is 18.2 Å². The van der Waals surface area contributed by atoms with Gasteiger partial charge in [0.25, 0.3) is 5.56 Å². The third kappa shape index (κ3) is 5.51. The number of ether oxygens (including phenoxy) is 3. The van der Waals surface area contributed by atoms with E-state index in [2.05, 4.69) is 4.98 Å². The third-order valence-corrected chi connectivity index (χ3v) is 7.10. The number of hydrogen-bond acceptors (Lipinski definition) is 10. The zero-order valence-corrected chi connectivity index (χ0v) is 18.5. The first kappa shape index (κ1) is 23.8. The second-order valence-electron chi connectivity index (χ2n) is 8.03. The van der Waals surface area contributed by atoms with Crippen molar-refractivity contribution in [2.24, 2.45) is 11.7 Å². The summed E-state index contributed by atoms with van der Waals surface area (Å²) in [6, 6.07) is 1.20. The van der Waals surface area contributed by atoms with E-state index in [4.69, 9.17) is 29.0 Å². The first-order valence-electron chi connectivity index (χ1n) is 9.93. The number of carbonyl (C=O) groups excluding carboxylic acids is 1. The Labute approximate surface area is 178 Å². The highest BCUT2D eigenvalue weighted by Gasteiger charge is 2.57. The van der Waals surface area contributed by atoms with Crippen LogP contribution < -0.4 is 17.0 Å². The van der Waals surface area contributed by atoms with Crippen LogP contribution in [0.4, 0.5) is 0 Å². The van der Waals surface area contributed by atoms with Gasteiger partial charge in [-0.15, -0.1) is 0 Å². The van der Waals surface area contributed by atoms with Crippen LogP contribution in [0, 0.1) is 5.92 Å². The molecule has 3 N–H and O–H groups in total. The fourth-order valence-corrected chi connectivity index (χ4v) is 5.82. The van der Waals surface area contributed by atoms with Crippen molar-refractivity contribution in [3.63, 3.8) is 0 Å². The van der Waals surface area contributed by atoms with Crippen LogP contribution in [-0.2, 0) is 32.6 Å². The molecule has 2 aliphatic heterocycles. The number of aromatic nitrogens is 2. The standard InChI is InChI=1S/C18H28N3O9P/c1-11(2)29-15(23)9-26-6-7-27-31(25)10-12-13(8-28-31)30-16(18(12,3)19)21-5-4-14(22)20-17(21)24/h4-5,11-13,16H,6-10,19H2,1-3H3,(H,20,22,24)/t12-,13-,16-,18-,31?/m1/s1. The van der Waals surface area contributed by atoms with E-state index in [0.717, 1.165) is 0 Å². The average molecular weight is 461 g/mol. The molecule has 1 aromatic heterocycles. The van der Waals surface area contributed by atoms with Crippen molar-refractivity contribution >= 4 is 13.6 Å². The van der Waals surface area contributed by atoms with Gasteiger partial charge in [-0.2, -0.15) is 0 Å². The number of H-pyrrole nitrogens is 1. The van der Waals surface area contributed by atoms with Crippen LogP contribution in [0.3, 0.4) is 0 Å². The highest BCUT2D eigenvalue weighted by Crippen LogP contribution is 2.58. The molecule has 12 nitrogen and oxygen atoms in total. The van der Waals surface area contributed by atoms with E-state index >= 15 is 0 Å². The Morgan fingerprint density at radius 2 is 2.16 bits per heavy atom. The molecule has 0 spiro atoms. The maximum absolute atomic E-state index is 13.0. The number of esters is 1. The molecule has 2 fully saturated rings. The van der Waals surface area contributed by atoms with E-state index in [9.17, 15) is 18.9 Å². The minimum absolute atomic E-state index is 0.00530. The van der Waals surface area contributed by atoms with Gasteiger partial charge in [0.1, 0.15) is 6.61 Å². The largest absolute Gasteiger partial charge is 0.461 e. The lowest BCUT2D eigenvalue weighted by Gasteiger charge is -2.36. The summed E-state index contributed by atoms with van der Waals surface area (Å²) in [5.41, 5.74) is 4.24. The Kier molecular flexibility index (Phi) is 7.19. The van der Waals surface area contributed by atoms with Crippen molar-refractivity contribution in [1.82, 2.24) is 9.55 Å². The van der Waals surface area contributed by atoms with Crippen LogP contribution in [0.1, 0.15) is 27.0 Å². The van der Waals surface area contributed by atoms with Gasteiger partial charge in [-0.3, -0.25) is 18.9 Å². The van der Waals surface area contributed by atoms with Gasteiger partial charge in [0.05, 0.1) is 43.7 Å². The molecular formula is C18H28N3O9P. The number of aromatic amines is 1. The molecule has 0 aliphatic carbocycles. The maximum atomic E-state index is 13.0. The average Bonchev–Trinajstić information content (AvgIpc) is 2.91. The SMILES string of the molecule is CC(C)OC(=O)COCCOP1(=O)C[C@@H]2[C@@H](CO1)O[C@@H](n1ccc(=O)[nH]c1=O)[C@]2(C)N. The van der Waals surface area contributed by atoms with Crippen LogP contribution in [0.25, 0.3) is 0 Å². The number of nitrogens with one attached hydrogen (secondary N) is 1. The molecule has 0 radical (unpaired) electrons. The molecule has 0 saturated carbocycles. The zero-order valence-electron chi connectivity index (χ0n) is 17.6. The highest BCUT2D eigenvalue weighted by molar-refractivity contribution is 7.53. The molecule has 2 saturated heterocycles. The lowest BCUT2D eigenvalue weighted by Crippen LogP contribution is -2.52. The molecule has 174 valence electrons. The maximum Gasteiger partial charge on any atom is 0.332 e. The zero-order chi connectivity index (χ0) is 22.8. The summed E-state index contributed by atoms with van der Waals surface area (Å²) in [4.78, 5) is 37.1. The lowest BCUT2D eigenvalue weighted by molar-refractivity contribution is -0.152. The highest BCUT2D eigenvalue weighted by atomic mass is 31.2. The number of rotatable bonds is 8. The predicted molar refractivity (Wildman–Crippen MR) is 108 cm³/mol. The van der Waals surface area contributed by atoms with E-state index in [1.807, 2.05) is 0 Å². The number of fused-ring (bicyclic) bond motifs is 1. The van der Waals surface area contributed by atoms with Gasteiger partial charge in [-0.25, -0.2) is 9.59 Å². The summed E-state index contributed by atoms with van der Waals surface area (Å²) in [6.07, 6.45) is -0.299. The Hall–Kier alpha value is -1.82. The normalized spacial score (nSPS) is 32.7. The molecule has 0 aromatic carbocycles. The number of nitrogens with zero attached hydrogens (tertiary/aromatic N) is 1. The summed E-state index contributed by atoms with van der Waals surface area (Å²) in [5, 5.41) is 0. The van der Waals surface area contributed by atoms with Crippen molar-refractivity contribution < 1.29 is 32.6 Å². The number of nitrogens with two attached hydrogens (primary N) is 1. The molecule has 5 atom stereocenters. The summed E-state index contributed by atoms with van der Waals surface area (Å²) in [6.45, 7) is 4.88. The van der Waals surface area contributed by atoms with Gasteiger partial charge < -0.3 is 29.0 Å².